The van der Waals surface area contributed by atoms with Gasteiger partial charge in [-0.25, -0.2) is 0 Å². The Bertz CT molecular complexity index is 1230. The fourth-order valence-corrected chi connectivity index (χ4v) is 5.50. The summed E-state index contributed by atoms with van der Waals surface area (Å²) >= 11 is 1.01. The van der Waals surface area contributed by atoms with Gasteiger partial charge in [-0.2, -0.15) is 8.42 Å². The standard InChI is InChI=1S/C26H30N2O5S2/c1-5-7-8-16-33-22-14-11-20(17-23(22)32-4)18-24-25(29)28(15-6-2)26(34-24)27-35(30,31)21-12-9-19(3)10-13-21/h6,9-14,17-18H,2,5,7-8,15-16H2,1,3-4H3. The third kappa shape index (κ3) is 6.76. The number of amides is 1. The Kier molecular flexibility index (Phi) is 9.17. The van der Waals surface area contributed by atoms with Gasteiger partial charge in [0.2, 0.25) is 0 Å². The molecule has 2 aromatic rings. The molecule has 1 fully saturated rings. The topological polar surface area (TPSA) is 85.3 Å². The maximum absolute atomic E-state index is 13.1. The Hall–Kier alpha value is -3.04. The second-order valence-electron chi connectivity index (χ2n) is 7.94. The van der Waals surface area contributed by atoms with Crippen molar-refractivity contribution in [1.82, 2.24) is 4.90 Å². The third-order valence-electron chi connectivity index (χ3n) is 5.21. The van der Waals surface area contributed by atoms with E-state index < -0.39 is 10.0 Å². The number of aryl methyl sites for hydroxylation is 1. The van der Waals surface area contributed by atoms with E-state index in [1.54, 1.807) is 37.5 Å². The minimum Gasteiger partial charge on any atom is -0.493 e. The van der Waals surface area contributed by atoms with Gasteiger partial charge in [-0.3, -0.25) is 9.69 Å². The van der Waals surface area contributed by atoms with E-state index in [2.05, 4.69) is 17.9 Å². The molecule has 186 valence electrons. The van der Waals surface area contributed by atoms with Crippen molar-refractivity contribution in [3.63, 3.8) is 0 Å². The van der Waals surface area contributed by atoms with Crippen LogP contribution >= 0.6 is 11.8 Å². The molecule has 0 N–H and O–H groups in total. The Morgan fingerprint density at radius 2 is 1.86 bits per heavy atom. The second-order valence-corrected chi connectivity index (χ2v) is 10.6. The number of benzene rings is 2. The molecule has 7 nitrogen and oxygen atoms in total. The molecule has 0 atom stereocenters. The highest BCUT2D eigenvalue weighted by Gasteiger charge is 2.34. The average molecular weight is 515 g/mol. The van der Waals surface area contributed by atoms with E-state index in [1.807, 2.05) is 13.0 Å². The van der Waals surface area contributed by atoms with Gasteiger partial charge in [-0.1, -0.05) is 49.6 Å². The summed E-state index contributed by atoms with van der Waals surface area (Å²) in [5, 5.41) is 0.0876. The van der Waals surface area contributed by atoms with Gasteiger partial charge in [0.05, 0.1) is 23.5 Å². The van der Waals surface area contributed by atoms with Crippen LogP contribution in [0.15, 0.2) is 69.3 Å². The lowest BCUT2D eigenvalue weighted by molar-refractivity contribution is -0.121. The van der Waals surface area contributed by atoms with E-state index in [4.69, 9.17) is 9.47 Å². The molecule has 9 heteroatoms. The monoisotopic (exact) mass is 514 g/mol. The summed E-state index contributed by atoms with van der Waals surface area (Å²) < 4.78 is 41.0. The van der Waals surface area contributed by atoms with Crippen LogP contribution in [0.3, 0.4) is 0 Å². The molecule has 0 spiro atoms. The first kappa shape index (κ1) is 26.6. The largest absolute Gasteiger partial charge is 0.493 e. The molecule has 1 amide bonds. The summed E-state index contributed by atoms with van der Waals surface area (Å²) in [7, 11) is -2.42. The fraction of sp³-hybridized carbons (Fsp3) is 0.308. The normalized spacial score (nSPS) is 16.2. The number of sulfonamides is 1. The number of ether oxygens (including phenoxy) is 2. The number of methoxy groups -OCH3 is 1. The molecular weight excluding hydrogens is 484 g/mol. The highest BCUT2D eigenvalue weighted by molar-refractivity contribution is 8.19. The molecule has 0 aliphatic carbocycles. The zero-order valence-electron chi connectivity index (χ0n) is 20.2. The molecule has 35 heavy (non-hydrogen) atoms. The van der Waals surface area contributed by atoms with Gasteiger partial charge in [-0.05, 0) is 61.0 Å². The number of thioether (sulfide) groups is 1. The molecule has 3 rings (SSSR count). The third-order valence-corrected chi connectivity index (χ3v) is 7.61. The van der Waals surface area contributed by atoms with Gasteiger partial charge in [-0.15, -0.1) is 11.0 Å². The molecule has 0 bridgehead atoms. The first-order valence-corrected chi connectivity index (χ1v) is 13.6. The number of nitrogens with zero attached hydrogens (tertiary/aromatic N) is 2. The van der Waals surface area contributed by atoms with Crippen LogP contribution in [-0.4, -0.2) is 44.7 Å². The van der Waals surface area contributed by atoms with Gasteiger partial charge in [0.25, 0.3) is 15.9 Å². The Morgan fingerprint density at radius 1 is 1.11 bits per heavy atom. The van der Waals surface area contributed by atoms with Crippen molar-refractivity contribution in [1.29, 1.82) is 0 Å². The highest BCUT2D eigenvalue weighted by atomic mass is 32.2. The summed E-state index contributed by atoms with van der Waals surface area (Å²) in [4.78, 5) is 14.8. The van der Waals surface area contributed by atoms with E-state index in [0.29, 0.717) is 23.0 Å². The van der Waals surface area contributed by atoms with Crippen LogP contribution in [0, 0.1) is 6.92 Å². The maximum atomic E-state index is 13.1. The lowest BCUT2D eigenvalue weighted by atomic mass is 10.2. The van der Waals surface area contributed by atoms with Gasteiger partial charge >= 0.3 is 0 Å². The number of amidine groups is 1. The van der Waals surface area contributed by atoms with Crippen molar-refractivity contribution in [2.75, 3.05) is 20.3 Å². The van der Waals surface area contributed by atoms with E-state index in [-0.39, 0.29) is 22.5 Å². The number of hydrogen-bond acceptors (Lipinski definition) is 6. The summed E-state index contributed by atoms with van der Waals surface area (Å²) in [5.41, 5.74) is 1.66. The Morgan fingerprint density at radius 3 is 2.51 bits per heavy atom. The smallest absolute Gasteiger partial charge is 0.284 e. The van der Waals surface area contributed by atoms with Crippen molar-refractivity contribution >= 4 is 38.9 Å². The summed E-state index contributed by atoms with van der Waals surface area (Å²) in [6.45, 7) is 8.42. The molecule has 0 aromatic heterocycles. The summed E-state index contributed by atoms with van der Waals surface area (Å²) in [6.07, 6.45) is 6.38. The number of hydrogen-bond donors (Lipinski definition) is 0. The molecule has 1 aliphatic rings. The van der Waals surface area contributed by atoms with E-state index in [1.165, 1.54) is 23.1 Å². The van der Waals surface area contributed by atoms with Crippen molar-refractivity contribution < 1.29 is 22.7 Å². The first-order valence-electron chi connectivity index (χ1n) is 11.3. The van der Waals surface area contributed by atoms with Crippen LogP contribution in [0.4, 0.5) is 0 Å². The summed E-state index contributed by atoms with van der Waals surface area (Å²) in [6, 6.07) is 11.8. The molecule has 1 aliphatic heterocycles. The molecular formula is C26H30N2O5S2. The molecule has 0 saturated carbocycles. The average Bonchev–Trinajstić information content (AvgIpc) is 3.11. The second kappa shape index (κ2) is 12.1. The predicted molar refractivity (Wildman–Crippen MR) is 141 cm³/mol. The van der Waals surface area contributed by atoms with E-state index in [0.717, 1.165) is 42.2 Å². The van der Waals surface area contributed by atoms with Crippen LogP contribution in [0.25, 0.3) is 6.08 Å². The molecule has 1 heterocycles. The van der Waals surface area contributed by atoms with Gasteiger partial charge in [0.15, 0.2) is 16.7 Å². The van der Waals surface area contributed by atoms with E-state index >= 15 is 0 Å². The fourth-order valence-electron chi connectivity index (χ4n) is 3.31. The zero-order valence-corrected chi connectivity index (χ0v) is 21.8. The lowest BCUT2D eigenvalue weighted by Crippen LogP contribution is -2.29. The predicted octanol–water partition coefficient (Wildman–Crippen LogP) is 5.42. The van der Waals surface area contributed by atoms with Crippen LogP contribution in [0.1, 0.15) is 37.3 Å². The van der Waals surface area contributed by atoms with Crippen LogP contribution in [0.5, 0.6) is 11.5 Å². The van der Waals surface area contributed by atoms with Crippen LogP contribution in [-0.2, 0) is 14.8 Å². The number of carbonyl (C=O) groups is 1. The van der Waals surface area contributed by atoms with E-state index in [9.17, 15) is 13.2 Å². The number of carbonyl (C=O) groups excluding carboxylic acids is 1. The minimum absolute atomic E-state index is 0.0684. The Balaban J connectivity index is 1.88. The van der Waals surface area contributed by atoms with Crippen molar-refractivity contribution in [2.24, 2.45) is 4.40 Å². The maximum Gasteiger partial charge on any atom is 0.284 e. The van der Waals surface area contributed by atoms with Crippen molar-refractivity contribution in [3.8, 4) is 11.5 Å². The van der Waals surface area contributed by atoms with Gasteiger partial charge < -0.3 is 9.47 Å². The Labute approximate surface area is 211 Å². The first-order chi connectivity index (χ1) is 16.8. The molecule has 0 radical (unpaired) electrons. The number of rotatable bonds is 11. The van der Waals surface area contributed by atoms with Crippen LogP contribution < -0.4 is 9.47 Å². The van der Waals surface area contributed by atoms with Gasteiger partial charge in [0, 0.05) is 6.54 Å². The molecule has 2 aromatic carbocycles. The van der Waals surface area contributed by atoms with Gasteiger partial charge in [0.1, 0.15) is 0 Å². The van der Waals surface area contributed by atoms with Crippen molar-refractivity contribution in [3.05, 3.63) is 71.2 Å². The lowest BCUT2D eigenvalue weighted by Gasteiger charge is -2.12. The zero-order chi connectivity index (χ0) is 25.4. The summed E-state index contributed by atoms with van der Waals surface area (Å²) in [5.74, 6) is 0.854. The number of unbranched alkanes of at least 4 members (excludes halogenated alkanes) is 2. The quantitative estimate of drug-likeness (QED) is 0.226. The SMILES string of the molecule is C=CCN1C(=O)C(=Cc2ccc(OCCCCC)c(OC)c2)SC1=NS(=O)(=O)c1ccc(C)cc1. The van der Waals surface area contributed by atoms with Crippen molar-refractivity contribution in [2.45, 2.75) is 38.0 Å². The molecule has 0 unspecified atom stereocenters. The highest BCUT2D eigenvalue weighted by Crippen LogP contribution is 2.35. The van der Waals surface area contributed by atoms with Crippen LogP contribution in [0.2, 0.25) is 0 Å². The minimum atomic E-state index is -3.99. The molecule has 1 saturated heterocycles.